The van der Waals surface area contributed by atoms with E-state index in [2.05, 4.69) is 17.3 Å². The Labute approximate surface area is 197 Å². The maximum Gasteiger partial charge on any atom is 0.227 e. The quantitative estimate of drug-likeness (QED) is 0.589. The van der Waals surface area contributed by atoms with E-state index in [1.165, 1.54) is 12.1 Å². The van der Waals surface area contributed by atoms with Crippen LogP contribution in [0.5, 0.6) is 0 Å². The molecule has 0 radical (unpaired) electrons. The number of nitrogens with one attached hydrogen (secondary N) is 1. The van der Waals surface area contributed by atoms with E-state index in [-0.39, 0.29) is 11.8 Å². The van der Waals surface area contributed by atoms with E-state index in [1.54, 1.807) is 4.90 Å². The second kappa shape index (κ2) is 9.94. The predicted octanol–water partition coefficient (Wildman–Crippen LogP) is 5.76. The summed E-state index contributed by atoms with van der Waals surface area (Å²) in [5.74, 6) is -1.19. The summed E-state index contributed by atoms with van der Waals surface area (Å²) in [4.78, 5) is 16.6. The summed E-state index contributed by atoms with van der Waals surface area (Å²) < 4.78 is 27.3. The predicted molar refractivity (Wildman–Crippen MR) is 126 cm³/mol. The van der Waals surface area contributed by atoms with Crippen molar-refractivity contribution >= 4 is 40.5 Å². The van der Waals surface area contributed by atoms with Gasteiger partial charge in [0.05, 0.1) is 15.7 Å². The lowest BCUT2D eigenvalue weighted by atomic mass is 9.90. The molecule has 0 aromatic heterocycles. The van der Waals surface area contributed by atoms with E-state index in [0.29, 0.717) is 53.1 Å². The third-order valence-corrected chi connectivity index (χ3v) is 6.98. The van der Waals surface area contributed by atoms with Crippen LogP contribution in [0.15, 0.2) is 30.3 Å². The normalized spacial score (nSPS) is 20.6. The first-order chi connectivity index (χ1) is 15.3. The average molecular weight is 482 g/mol. The Morgan fingerprint density at radius 3 is 2.41 bits per heavy atom. The summed E-state index contributed by atoms with van der Waals surface area (Å²) in [6, 6.07) is 7.61. The number of piperidine rings is 2. The molecule has 0 spiro atoms. The van der Waals surface area contributed by atoms with Crippen LogP contribution in [0, 0.1) is 17.6 Å². The van der Waals surface area contributed by atoms with Gasteiger partial charge in [-0.1, -0.05) is 29.3 Å². The molecule has 2 saturated heterocycles. The summed E-state index contributed by atoms with van der Waals surface area (Å²) in [5.41, 5.74) is 1.78. The molecule has 2 aromatic carbocycles. The Bertz CT molecular complexity index is 972. The van der Waals surface area contributed by atoms with Gasteiger partial charge >= 0.3 is 0 Å². The van der Waals surface area contributed by atoms with Crippen LogP contribution < -0.4 is 10.2 Å². The number of benzene rings is 2. The Morgan fingerprint density at radius 1 is 1.06 bits per heavy atom. The number of carbonyl (C=O) groups is 1. The van der Waals surface area contributed by atoms with Crippen molar-refractivity contribution in [2.24, 2.45) is 5.92 Å². The summed E-state index contributed by atoms with van der Waals surface area (Å²) >= 11 is 13.2. The molecule has 1 N–H and O–H groups in total. The highest BCUT2D eigenvalue weighted by Crippen LogP contribution is 2.40. The molecule has 172 valence electrons. The van der Waals surface area contributed by atoms with Crippen LogP contribution in [-0.4, -0.2) is 43.5 Å². The maximum atomic E-state index is 14.1. The smallest absolute Gasteiger partial charge is 0.227 e. The molecule has 2 fully saturated rings. The van der Waals surface area contributed by atoms with Crippen LogP contribution in [0.1, 0.15) is 31.2 Å². The summed E-state index contributed by atoms with van der Waals surface area (Å²) in [6.45, 7) is 2.46. The zero-order valence-electron chi connectivity index (χ0n) is 18.0. The molecule has 4 nitrogen and oxygen atoms in total. The molecule has 0 saturated carbocycles. The summed E-state index contributed by atoms with van der Waals surface area (Å²) in [7, 11) is 2.12. The second-order valence-electron chi connectivity index (χ2n) is 8.86. The van der Waals surface area contributed by atoms with Gasteiger partial charge in [-0.3, -0.25) is 4.79 Å². The van der Waals surface area contributed by atoms with Crippen molar-refractivity contribution in [1.82, 2.24) is 4.90 Å². The largest absolute Gasteiger partial charge is 0.382 e. The zero-order chi connectivity index (χ0) is 22.8. The molecule has 1 unspecified atom stereocenters. The first-order valence-corrected chi connectivity index (χ1v) is 11.7. The molecule has 2 heterocycles. The fraction of sp³-hybridized carbons (Fsp3) is 0.458. The van der Waals surface area contributed by atoms with Crippen LogP contribution in [0.4, 0.5) is 20.2 Å². The Hall–Kier alpha value is -1.89. The van der Waals surface area contributed by atoms with Gasteiger partial charge in [-0.05, 0) is 75.5 Å². The second-order valence-corrected chi connectivity index (χ2v) is 9.67. The van der Waals surface area contributed by atoms with E-state index in [0.717, 1.165) is 37.7 Å². The van der Waals surface area contributed by atoms with E-state index >= 15 is 0 Å². The molecule has 1 atom stereocenters. The van der Waals surface area contributed by atoms with E-state index in [9.17, 15) is 13.6 Å². The summed E-state index contributed by atoms with van der Waals surface area (Å²) in [5, 5.41) is 4.33. The number of nitrogens with zero attached hydrogens (tertiary/aromatic N) is 2. The Morgan fingerprint density at radius 2 is 1.75 bits per heavy atom. The molecule has 1 amide bonds. The standard InChI is InChI=1S/C24H27Cl2F2N3O/c1-30-8-6-18(7-9-30)29-19-12-20(25)24(21(26)13-19)31-14-15(2-5-23(31)32)10-16-3-4-17(27)11-22(16)28/h3-4,11-13,15,18,29H,2,5-10,14H2,1H3. The highest BCUT2D eigenvalue weighted by Gasteiger charge is 2.30. The van der Waals surface area contributed by atoms with Gasteiger partial charge in [-0.15, -0.1) is 0 Å². The van der Waals surface area contributed by atoms with Crippen molar-refractivity contribution in [3.63, 3.8) is 0 Å². The third-order valence-electron chi connectivity index (χ3n) is 6.41. The number of anilines is 2. The lowest BCUT2D eigenvalue weighted by Gasteiger charge is -2.34. The van der Waals surface area contributed by atoms with E-state index < -0.39 is 11.6 Å². The minimum atomic E-state index is -0.598. The zero-order valence-corrected chi connectivity index (χ0v) is 19.5. The van der Waals surface area contributed by atoms with E-state index in [1.807, 2.05) is 12.1 Å². The highest BCUT2D eigenvalue weighted by atomic mass is 35.5. The van der Waals surface area contributed by atoms with Crippen molar-refractivity contribution in [2.45, 2.75) is 38.1 Å². The average Bonchev–Trinajstić information content (AvgIpc) is 2.73. The number of carbonyl (C=O) groups excluding carboxylic acids is 1. The Kier molecular flexibility index (Phi) is 7.23. The molecular formula is C24H27Cl2F2N3O. The first kappa shape index (κ1) is 23.3. The SMILES string of the molecule is CN1CCC(Nc2cc(Cl)c(N3CC(Cc4ccc(F)cc4F)CCC3=O)c(Cl)c2)CC1. The fourth-order valence-corrected chi connectivity index (χ4v) is 5.28. The first-order valence-electron chi connectivity index (χ1n) is 11.0. The number of halogens is 4. The van der Waals surface area contributed by atoms with Crippen LogP contribution in [-0.2, 0) is 11.2 Å². The van der Waals surface area contributed by atoms with Gasteiger partial charge in [0.15, 0.2) is 0 Å². The van der Waals surface area contributed by atoms with Crippen LogP contribution in [0.2, 0.25) is 10.0 Å². The Balaban J connectivity index is 1.49. The van der Waals surface area contributed by atoms with E-state index in [4.69, 9.17) is 23.2 Å². The topological polar surface area (TPSA) is 35.6 Å². The number of hydrogen-bond acceptors (Lipinski definition) is 3. The van der Waals surface area contributed by atoms with Gasteiger partial charge in [0.2, 0.25) is 5.91 Å². The lowest BCUT2D eigenvalue weighted by molar-refractivity contribution is -0.120. The van der Waals surface area contributed by atoms with Crippen LogP contribution in [0.25, 0.3) is 0 Å². The number of likely N-dealkylation sites (tertiary alicyclic amines) is 1. The van der Waals surface area contributed by atoms with Gasteiger partial charge in [-0.25, -0.2) is 8.78 Å². The van der Waals surface area contributed by atoms with Gasteiger partial charge in [0.25, 0.3) is 0 Å². The van der Waals surface area contributed by atoms with Crippen molar-refractivity contribution in [3.8, 4) is 0 Å². The molecule has 8 heteroatoms. The van der Waals surface area contributed by atoms with Crippen molar-refractivity contribution in [3.05, 3.63) is 57.6 Å². The third kappa shape index (κ3) is 5.36. The van der Waals surface area contributed by atoms with Gasteiger partial charge < -0.3 is 15.1 Å². The minimum Gasteiger partial charge on any atom is -0.382 e. The van der Waals surface area contributed by atoms with Gasteiger partial charge in [0, 0.05) is 30.8 Å². The number of amides is 1. The molecule has 0 aliphatic carbocycles. The molecule has 2 aliphatic rings. The molecule has 2 aromatic rings. The minimum absolute atomic E-state index is 0.0248. The van der Waals surface area contributed by atoms with Crippen molar-refractivity contribution < 1.29 is 13.6 Å². The highest BCUT2D eigenvalue weighted by molar-refractivity contribution is 6.40. The van der Waals surface area contributed by atoms with Crippen molar-refractivity contribution in [1.29, 1.82) is 0 Å². The molecular weight excluding hydrogens is 455 g/mol. The van der Waals surface area contributed by atoms with Crippen molar-refractivity contribution in [2.75, 3.05) is 36.9 Å². The van der Waals surface area contributed by atoms with Crippen LogP contribution >= 0.6 is 23.2 Å². The van der Waals surface area contributed by atoms with Gasteiger partial charge in [-0.2, -0.15) is 0 Å². The lowest BCUT2D eigenvalue weighted by Crippen LogP contribution is -2.41. The summed E-state index contributed by atoms with van der Waals surface area (Å²) in [6.07, 6.45) is 3.47. The fourth-order valence-electron chi connectivity index (χ4n) is 4.59. The maximum absolute atomic E-state index is 14.1. The molecule has 32 heavy (non-hydrogen) atoms. The molecule has 2 aliphatic heterocycles. The molecule has 0 bridgehead atoms. The molecule has 4 rings (SSSR count). The number of rotatable bonds is 5. The number of hydrogen-bond donors (Lipinski definition) is 1. The monoisotopic (exact) mass is 481 g/mol. The van der Waals surface area contributed by atoms with Crippen LogP contribution in [0.3, 0.4) is 0 Å². The van der Waals surface area contributed by atoms with Gasteiger partial charge in [0.1, 0.15) is 11.6 Å².